The first kappa shape index (κ1) is 22.5. The van der Waals surface area contributed by atoms with Crippen molar-refractivity contribution in [2.75, 3.05) is 14.2 Å². The van der Waals surface area contributed by atoms with Crippen LogP contribution in [0.15, 0.2) is 48.5 Å². The lowest BCUT2D eigenvalue weighted by Gasteiger charge is -2.16. The molecule has 0 saturated carbocycles. The molecule has 2 heterocycles. The van der Waals surface area contributed by atoms with Crippen LogP contribution in [0.3, 0.4) is 0 Å². The number of benzene rings is 2. The summed E-state index contributed by atoms with van der Waals surface area (Å²) in [6.45, 7) is 8.14. The van der Waals surface area contributed by atoms with Crippen LogP contribution in [-0.2, 0) is 0 Å². The van der Waals surface area contributed by atoms with Crippen LogP contribution in [0.5, 0.6) is 23.0 Å². The highest BCUT2D eigenvalue weighted by molar-refractivity contribution is 7.41. The molecule has 0 amide bonds. The molecule has 6 heteroatoms. The van der Waals surface area contributed by atoms with Gasteiger partial charge < -0.3 is 18.9 Å². The highest BCUT2D eigenvalue weighted by Crippen LogP contribution is 2.50. The predicted molar refractivity (Wildman–Crippen MR) is 135 cm³/mol. The van der Waals surface area contributed by atoms with Gasteiger partial charge in [0, 0.05) is 15.1 Å². The maximum atomic E-state index is 6.09. The fourth-order valence-electron chi connectivity index (χ4n) is 3.64. The third-order valence-electron chi connectivity index (χ3n) is 4.85. The highest BCUT2D eigenvalue weighted by Gasteiger charge is 2.20. The minimum absolute atomic E-state index is 0.0819. The van der Waals surface area contributed by atoms with Gasteiger partial charge in [-0.05, 0) is 64.1 Å². The minimum Gasteiger partial charge on any atom is -0.496 e. The monoisotopic (exact) mass is 468 g/mol. The Labute approximate surface area is 197 Å². The first-order valence-electron chi connectivity index (χ1n) is 10.6. The second kappa shape index (κ2) is 9.43. The Hall–Kier alpha value is -2.70. The van der Waals surface area contributed by atoms with Gasteiger partial charge in [0.15, 0.2) is 0 Å². The molecule has 32 heavy (non-hydrogen) atoms. The van der Waals surface area contributed by atoms with E-state index in [9.17, 15) is 0 Å². The zero-order valence-electron chi connectivity index (χ0n) is 19.2. The maximum Gasteiger partial charge on any atom is 0.132 e. The van der Waals surface area contributed by atoms with Crippen molar-refractivity contribution in [2.24, 2.45) is 0 Å². The molecule has 0 unspecified atom stereocenters. The Morgan fingerprint density at radius 2 is 1.03 bits per heavy atom. The Balaban J connectivity index is 1.80. The van der Waals surface area contributed by atoms with Crippen LogP contribution in [-0.4, -0.2) is 26.4 Å². The lowest BCUT2D eigenvalue weighted by atomic mass is 10.1. The summed E-state index contributed by atoms with van der Waals surface area (Å²) in [6, 6.07) is 16.3. The molecule has 168 valence electrons. The van der Waals surface area contributed by atoms with Crippen LogP contribution in [0.25, 0.3) is 30.3 Å². The first-order chi connectivity index (χ1) is 15.4. The summed E-state index contributed by atoms with van der Waals surface area (Å²) in [5.41, 5.74) is 2.00. The zero-order valence-corrected chi connectivity index (χ0v) is 20.9. The van der Waals surface area contributed by atoms with E-state index in [1.165, 1.54) is 9.40 Å². The SMILES string of the molecule is COc1cccc(OC(C)C)c1-c1cc2cc(-c3c(OC)cccc3OC(C)C)sc2s1. The molecule has 2 aromatic carbocycles. The first-order valence-corrected chi connectivity index (χ1v) is 12.3. The molecule has 0 saturated heterocycles. The molecule has 0 N–H and O–H groups in total. The van der Waals surface area contributed by atoms with Crippen molar-refractivity contribution in [1.29, 1.82) is 0 Å². The van der Waals surface area contributed by atoms with Gasteiger partial charge in [0.2, 0.25) is 0 Å². The van der Waals surface area contributed by atoms with E-state index in [4.69, 9.17) is 18.9 Å². The molecule has 0 radical (unpaired) electrons. The molecule has 0 fully saturated rings. The molecule has 4 aromatic rings. The fourth-order valence-corrected chi connectivity index (χ4v) is 6.19. The van der Waals surface area contributed by atoms with Crippen molar-refractivity contribution in [3.8, 4) is 43.9 Å². The van der Waals surface area contributed by atoms with E-state index in [1.807, 2.05) is 64.1 Å². The predicted octanol–water partition coefficient (Wildman–Crippen LogP) is 7.89. The summed E-state index contributed by atoms with van der Waals surface area (Å²) >= 11 is 3.49. The van der Waals surface area contributed by atoms with Crippen LogP contribution in [0, 0.1) is 0 Å². The van der Waals surface area contributed by atoms with Crippen molar-refractivity contribution in [1.82, 2.24) is 0 Å². The van der Waals surface area contributed by atoms with Gasteiger partial charge in [-0.25, -0.2) is 0 Å². The molecule has 0 aliphatic heterocycles. The molecule has 0 atom stereocenters. The van der Waals surface area contributed by atoms with Gasteiger partial charge in [-0.3, -0.25) is 0 Å². The topological polar surface area (TPSA) is 36.9 Å². The van der Waals surface area contributed by atoms with Crippen LogP contribution in [0.1, 0.15) is 27.7 Å². The maximum absolute atomic E-state index is 6.09. The standard InChI is InChI=1S/C26H28O4S2/c1-15(2)29-20-11-7-9-18(27-5)24(20)22-13-17-14-23(32-26(17)31-22)25-19(28-6)10-8-12-21(25)30-16(3)4/h7-16H,1-6H3. The quantitative estimate of drug-likeness (QED) is 0.263. The number of methoxy groups -OCH3 is 2. The molecule has 0 aliphatic rings. The van der Waals surface area contributed by atoms with Gasteiger partial charge in [-0.2, -0.15) is 0 Å². The lowest BCUT2D eigenvalue weighted by Crippen LogP contribution is -2.06. The number of thiophene rings is 2. The molecule has 0 bridgehead atoms. The van der Waals surface area contributed by atoms with Gasteiger partial charge in [0.25, 0.3) is 0 Å². The van der Waals surface area contributed by atoms with Crippen molar-refractivity contribution in [2.45, 2.75) is 39.9 Å². The second-order valence-electron chi connectivity index (χ2n) is 7.96. The van der Waals surface area contributed by atoms with Crippen LogP contribution in [0.2, 0.25) is 0 Å². The molecule has 2 aromatic heterocycles. The molecule has 4 rings (SSSR count). The van der Waals surface area contributed by atoms with Crippen LogP contribution < -0.4 is 18.9 Å². The van der Waals surface area contributed by atoms with Crippen molar-refractivity contribution in [3.05, 3.63) is 48.5 Å². The number of hydrogen-bond acceptors (Lipinski definition) is 6. The Morgan fingerprint density at radius 1 is 0.625 bits per heavy atom. The van der Waals surface area contributed by atoms with E-state index in [1.54, 1.807) is 36.9 Å². The third-order valence-corrected chi connectivity index (χ3v) is 7.27. The summed E-state index contributed by atoms with van der Waals surface area (Å²) in [5.74, 6) is 3.31. The average Bonchev–Trinajstić information content (AvgIpc) is 3.31. The van der Waals surface area contributed by atoms with E-state index in [2.05, 4.69) is 12.1 Å². The summed E-state index contributed by atoms with van der Waals surface area (Å²) in [5, 5.41) is 1.19. The second-order valence-corrected chi connectivity index (χ2v) is 10.3. The van der Waals surface area contributed by atoms with Crippen LogP contribution >= 0.6 is 22.7 Å². The van der Waals surface area contributed by atoms with Crippen molar-refractivity contribution < 1.29 is 18.9 Å². The highest BCUT2D eigenvalue weighted by atomic mass is 32.2. The molecular formula is C26H28O4S2. The molecule has 0 spiro atoms. The van der Waals surface area contributed by atoms with E-state index < -0.39 is 0 Å². The summed E-state index contributed by atoms with van der Waals surface area (Å²) in [6.07, 6.45) is 0.164. The zero-order chi connectivity index (χ0) is 22.8. The van der Waals surface area contributed by atoms with Crippen molar-refractivity contribution >= 4 is 32.1 Å². The third kappa shape index (κ3) is 4.43. The number of rotatable bonds is 8. The number of ether oxygens (including phenoxy) is 4. The number of hydrogen-bond donors (Lipinski definition) is 0. The van der Waals surface area contributed by atoms with E-state index >= 15 is 0 Å². The van der Waals surface area contributed by atoms with Gasteiger partial charge in [0.1, 0.15) is 23.0 Å². The summed E-state index contributed by atoms with van der Waals surface area (Å²) < 4.78 is 24.7. The van der Waals surface area contributed by atoms with E-state index in [0.29, 0.717) is 0 Å². The van der Waals surface area contributed by atoms with Gasteiger partial charge in [-0.15, -0.1) is 22.7 Å². The number of fused-ring (bicyclic) bond motifs is 1. The summed E-state index contributed by atoms with van der Waals surface area (Å²) in [4.78, 5) is 2.26. The van der Waals surface area contributed by atoms with Crippen molar-refractivity contribution in [3.63, 3.8) is 0 Å². The Bertz CT molecular complexity index is 1100. The van der Waals surface area contributed by atoms with Gasteiger partial charge in [0.05, 0.1) is 41.6 Å². The Morgan fingerprint density at radius 3 is 1.38 bits per heavy atom. The lowest BCUT2D eigenvalue weighted by molar-refractivity contribution is 0.242. The van der Waals surface area contributed by atoms with Gasteiger partial charge in [-0.1, -0.05) is 12.1 Å². The largest absolute Gasteiger partial charge is 0.496 e. The minimum atomic E-state index is 0.0819. The smallest absolute Gasteiger partial charge is 0.132 e. The average molecular weight is 469 g/mol. The normalized spacial score (nSPS) is 11.4. The van der Waals surface area contributed by atoms with E-state index in [0.717, 1.165) is 43.9 Å². The molecular weight excluding hydrogens is 440 g/mol. The summed E-state index contributed by atoms with van der Waals surface area (Å²) in [7, 11) is 3.40. The van der Waals surface area contributed by atoms with Gasteiger partial charge >= 0.3 is 0 Å². The van der Waals surface area contributed by atoms with E-state index in [-0.39, 0.29) is 12.2 Å². The van der Waals surface area contributed by atoms with Crippen LogP contribution in [0.4, 0.5) is 0 Å². The molecule has 4 nitrogen and oxygen atoms in total. The molecule has 0 aliphatic carbocycles. The Kier molecular flexibility index (Phi) is 6.63. The fraction of sp³-hybridized carbons (Fsp3) is 0.308.